The summed E-state index contributed by atoms with van der Waals surface area (Å²) in [6, 6.07) is 14.5. The molecule has 0 aliphatic heterocycles. The Morgan fingerprint density at radius 2 is 1.93 bits per heavy atom. The van der Waals surface area contributed by atoms with Gasteiger partial charge in [-0.1, -0.05) is 41.9 Å². The molecule has 3 rings (SSSR count). The van der Waals surface area contributed by atoms with Crippen molar-refractivity contribution in [3.8, 4) is 11.4 Å². The van der Waals surface area contributed by atoms with Gasteiger partial charge in [0, 0.05) is 28.9 Å². The Balaban J connectivity index is 1.66. The van der Waals surface area contributed by atoms with Crippen LogP contribution in [-0.2, 0) is 0 Å². The lowest BCUT2D eigenvalue weighted by Crippen LogP contribution is -2.29. The van der Waals surface area contributed by atoms with Gasteiger partial charge < -0.3 is 15.2 Å². The van der Waals surface area contributed by atoms with Crippen LogP contribution in [0.4, 0.5) is 10.5 Å². The zero-order chi connectivity index (χ0) is 19.1. The quantitative estimate of drug-likeness (QED) is 0.622. The molecule has 1 aromatic heterocycles. The number of aromatic nitrogens is 2. The van der Waals surface area contributed by atoms with E-state index in [-0.39, 0.29) is 6.03 Å². The van der Waals surface area contributed by atoms with E-state index in [4.69, 9.17) is 16.1 Å². The number of nitrogens with zero attached hydrogens (tertiary/aromatic N) is 2. The number of carbonyl (C=O) groups excluding carboxylic acids is 1. The van der Waals surface area contributed by atoms with Crippen molar-refractivity contribution in [1.29, 1.82) is 0 Å². The summed E-state index contributed by atoms with van der Waals surface area (Å²) >= 11 is 6.12. The van der Waals surface area contributed by atoms with Crippen LogP contribution in [-0.4, -0.2) is 22.7 Å². The Bertz CT molecular complexity index is 935. The van der Waals surface area contributed by atoms with E-state index in [1.54, 1.807) is 18.2 Å². The van der Waals surface area contributed by atoms with Crippen molar-refractivity contribution in [1.82, 2.24) is 15.5 Å². The van der Waals surface area contributed by atoms with E-state index in [0.717, 1.165) is 17.5 Å². The third kappa shape index (κ3) is 5.18. The van der Waals surface area contributed by atoms with Gasteiger partial charge in [0.1, 0.15) is 0 Å². The number of urea groups is 1. The molecule has 0 radical (unpaired) electrons. The van der Waals surface area contributed by atoms with Crippen LogP contribution in [0.25, 0.3) is 23.5 Å². The van der Waals surface area contributed by atoms with Gasteiger partial charge >= 0.3 is 6.03 Å². The smallest absolute Gasteiger partial charge is 0.319 e. The zero-order valence-electron chi connectivity index (χ0n) is 14.8. The highest BCUT2D eigenvalue weighted by atomic mass is 35.5. The van der Waals surface area contributed by atoms with Gasteiger partial charge in [-0.05, 0) is 48.4 Å². The van der Waals surface area contributed by atoms with Crippen molar-refractivity contribution >= 4 is 35.5 Å². The largest absolute Gasteiger partial charge is 0.338 e. The first-order valence-corrected chi connectivity index (χ1v) is 8.95. The molecule has 0 atom stereocenters. The minimum atomic E-state index is -0.226. The van der Waals surface area contributed by atoms with Gasteiger partial charge in [0.05, 0.1) is 0 Å². The van der Waals surface area contributed by atoms with Crippen molar-refractivity contribution < 1.29 is 9.32 Å². The van der Waals surface area contributed by atoms with Crippen LogP contribution in [0.2, 0.25) is 5.02 Å². The van der Waals surface area contributed by atoms with E-state index in [1.165, 1.54) is 0 Å². The normalized spacial score (nSPS) is 10.9. The standard InChI is InChI=1S/C20H19ClN4O2/c1-2-13-22-20(26)23-16-10-7-15(8-11-16)19-24-18(27-25-19)12-9-14-5-3-4-6-17(14)21/h3-12H,2,13H2,1H3,(H2,22,23,26). The molecule has 0 unspecified atom stereocenters. The number of hydrogen-bond donors (Lipinski definition) is 2. The maximum atomic E-state index is 11.7. The van der Waals surface area contributed by atoms with Crippen LogP contribution in [0.5, 0.6) is 0 Å². The second kappa shape index (κ2) is 9.00. The third-order valence-electron chi connectivity index (χ3n) is 3.69. The maximum absolute atomic E-state index is 11.7. The molecule has 6 nitrogen and oxygen atoms in total. The molecule has 138 valence electrons. The van der Waals surface area contributed by atoms with E-state index in [2.05, 4.69) is 20.8 Å². The molecule has 7 heteroatoms. The van der Waals surface area contributed by atoms with Gasteiger partial charge in [-0.25, -0.2) is 4.79 Å². The fourth-order valence-electron chi connectivity index (χ4n) is 2.31. The van der Waals surface area contributed by atoms with Crippen LogP contribution in [0.3, 0.4) is 0 Å². The number of rotatable bonds is 6. The Hall–Kier alpha value is -3.12. The van der Waals surface area contributed by atoms with E-state index < -0.39 is 0 Å². The summed E-state index contributed by atoms with van der Waals surface area (Å²) in [6.45, 7) is 2.63. The van der Waals surface area contributed by atoms with Crippen LogP contribution >= 0.6 is 11.6 Å². The SMILES string of the molecule is CCCNC(=O)Nc1ccc(-c2noc(C=Cc3ccccc3Cl)n2)cc1. The Kier molecular flexibility index (Phi) is 6.22. The van der Waals surface area contributed by atoms with Crippen LogP contribution < -0.4 is 10.6 Å². The van der Waals surface area contributed by atoms with Crippen LogP contribution in [0.15, 0.2) is 53.1 Å². The molecule has 2 amide bonds. The lowest BCUT2D eigenvalue weighted by Gasteiger charge is -2.06. The molecular weight excluding hydrogens is 364 g/mol. The second-order valence-electron chi connectivity index (χ2n) is 5.77. The summed E-state index contributed by atoms with van der Waals surface area (Å²) in [5.74, 6) is 0.849. The Morgan fingerprint density at radius 1 is 1.15 bits per heavy atom. The van der Waals surface area contributed by atoms with Crippen molar-refractivity contribution in [3.63, 3.8) is 0 Å². The molecule has 27 heavy (non-hydrogen) atoms. The summed E-state index contributed by atoms with van der Waals surface area (Å²) in [5.41, 5.74) is 2.35. The minimum absolute atomic E-state index is 0.226. The lowest BCUT2D eigenvalue weighted by atomic mass is 10.2. The average Bonchev–Trinajstić information content (AvgIpc) is 3.15. The molecule has 0 bridgehead atoms. The molecule has 3 aromatic rings. The number of nitrogens with one attached hydrogen (secondary N) is 2. The number of carbonyl (C=O) groups is 1. The summed E-state index contributed by atoms with van der Waals surface area (Å²) in [4.78, 5) is 16.0. The number of halogens is 1. The molecule has 0 aliphatic carbocycles. The fraction of sp³-hybridized carbons (Fsp3) is 0.150. The van der Waals surface area contributed by atoms with Crippen LogP contribution in [0, 0.1) is 0 Å². The average molecular weight is 383 g/mol. The zero-order valence-corrected chi connectivity index (χ0v) is 15.5. The third-order valence-corrected chi connectivity index (χ3v) is 4.03. The van der Waals surface area contributed by atoms with Crippen molar-refractivity contribution in [3.05, 3.63) is 65.0 Å². The molecular formula is C20H19ClN4O2. The van der Waals surface area contributed by atoms with Gasteiger partial charge in [-0.3, -0.25) is 0 Å². The molecule has 0 spiro atoms. The summed E-state index contributed by atoms with van der Waals surface area (Å²) in [6.07, 6.45) is 4.42. The molecule has 2 aromatic carbocycles. The predicted molar refractivity (Wildman–Crippen MR) is 107 cm³/mol. The summed E-state index contributed by atoms with van der Waals surface area (Å²) in [5, 5.41) is 10.2. The maximum Gasteiger partial charge on any atom is 0.319 e. The van der Waals surface area contributed by atoms with E-state index >= 15 is 0 Å². The molecule has 0 fully saturated rings. The first-order chi connectivity index (χ1) is 13.2. The Morgan fingerprint density at radius 3 is 2.67 bits per heavy atom. The number of benzene rings is 2. The number of hydrogen-bond acceptors (Lipinski definition) is 4. The topological polar surface area (TPSA) is 80.0 Å². The predicted octanol–water partition coefficient (Wildman–Crippen LogP) is 5.09. The first-order valence-electron chi connectivity index (χ1n) is 8.57. The molecule has 0 saturated carbocycles. The molecule has 0 saturated heterocycles. The summed E-state index contributed by atoms with van der Waals surface area (Å²) < 4.78 is 5.25. The molecule has 1 heterocycles. The monoisotopic (exact) mass is 382 g/mol. The van der Waals surface area contributed by atoms with E-state index in [0.29, 0.717) is 29.0 Å². The van der Waals surface area contributed by atoms with Gasteiger partial charge in [-0.15, -0.1) is 0 Å². The fourth-order valence-corrected chi connectivity index (χ4v) is 2.51. The summed E-state index contributed by atoms with van der Waals surface area (Å²) in [7, 11) is 0. The van der Waals surface area contributed by atoms with Gasteiger partial charge in [-0.2, -0.15) is 4.98 Å². The number of anilines is 1. The van der Waals surface area contributed by atoms with Gasteiger partial charge in [0.15, 0.2) is 0 Å². The highest BCUT2D eigenvalue weighted by Crippen LogP contribution is 2.21. The lowest BCUT2D eigenvalue weighted by molar-refractivity contribution is 0.252. The van der Waals surface area contributed by atoms with Crippen molar-refractivity contribution in [2.45, 2.75) is 13.3 Å². The van der Waals surface area contributed by atoms with E-state index in [1.807, 2.05) is 49.4 Å². The second-order valence-corrected chi connectivity index (χ2v) is 6.18. The molecule has 0 aliphatic rings. The highest BCUT2D eigenvalue weighted by Gasteiger charge is 2.07. The number of amides is 2. The first kappa shape index (κ1) is 18.7. The van der Waals surface area contributed by atoms with Crippen LogP contribution in [0.1, 0.15) is 24.8 Å². The minimum Gasteiger partial charge on any atom is -0.338 e. The van der Waals surface area contributed by atoms with E-state index in [9.17, 15) is 4.79 Å². The van der Waals surface area contributed by atoms with Gasteiger partial charge in [0.2, 0.25) is 5.82 Å². The molecule has 2 N–H and O–H groups in total. The Labute approximate surface area is 162 Å². The van der Waals surface area contributed by atoms with Crippen molar-refractivity contribution in [2.75, 3.05) is 11.9 Å². The van der Waals surface area contributed by atoms with Crippen molar-refractivity contribution in [2.24, 2.45) is 0 Å². The van der Waals surface area contributed by atoms with Gasteiger partial charge in [0.25, 0.3) is 5.89 Å². The highest BCUT2D eigenvalue weighted by molar-refractivity contribution is 6.32.